The molecule has 3 aromatic rings. The second kappa shape index (κ2) is 6.32. The van der Waals surface area contributed by atoms with Gasteiger partial charge in [-0.15, -0.1) is 0 Å². The van der Waals surface area contributed by atoms with Gasteiger partial charge >= 0.3 is 0 Å². The molecule has 0 fully saturated rings. The van der Waals surface area contributed by atoms with E-state index in [9.17, 15) is 19.0 Å². The summed E-state index contributed by atoms with van der Waals surface area (Å²) < 4.78 is 26.5. The average molecular weight is 326 g/mol. The van der Waals surface area contributed by atoms with E-state index in [-0.39, 0.29) is 23.1 Å². The quantitative estimate of drug-likeness (QED) is 0.533. The number of rotatable bonds is 3. The van der Waals surface area contributed by atoms with Gasteiger partial charge in [-0.1, -0.05) is 24.3 Å². The van der Waals surface area contributed by atoms with E-state index in [1.807, 2.05) is 0 Å². The SMILES string of the molecule is Cc1cc(O)c(C(c2ccc(F)cc2)c2ccc(F)cc2)cc1O. The van der Waals surface area contributed by atoms with Crippen molar-refractivity contribution >= 4 is 0 Å². The summed E-state index contributed by atoms with van der Waals surface area (Å²) in [5.74, 6) is -1.13. The zero-order valence-corrected chi connectivity index (χ0v) is 13.0. The van der Waals surface area contributed by atoms with Crippen molar-refractivity contribution in [1.29, 1.82) is 0 Å². The number of hydrogen-bond donors (Lipinski definition) is 2. The lowest BCUT2D eigenvalue weighted by Crippen LogP contribution is -2.04. The van der Waals surface area contributed by atoms with Gasteiger partial charge in [0.05, 0.1) is 0 Å². The Bertz CT molecular complexity index is 811. The molecule has 3 aromatic carbocycles. The van der Waals surface area contributed by atoms with Gasteiger partial charge in [-0.2, -0.15) is 0 Å². The van der Waals surface area contributed by atoms with Crippen LogP contribution in [-0.4, -0.2) is 10.2 Å². The predicted octanol–water partition coefficient (Wildman–Crippen LogP) is 4.86. The summed E-state index contributed by atoms with van der Waals surface area (Å²) in [6.07, 6.45) is 0. The van der Waals surface area contributed by atoms with Crippen LogP contribution in [0.4, 0.5) is 8.78 Å². The molecule has 0 heterocycles. The highest BCUT2D eigenvalue weighted by atomic mass is 19.1. The molecule has 0 atom stereocenters. The van der Waals surface area contributed by atoms with Crippen molar-refractivity contribution in [2.45, 2.75) is 12.8 Å². The lowest BCUT2D eigenvalue weighted by molar-refractivity contribution is 0.450. The Labute approximate surface area is 138 Å². The third-order valence-electron chi connectivity index (χ3n) is 4.06. The van der Waals surface area contributed by atoms with Gasteiger partial charge in [-0.3, -0.25) is 0 Å². The zero-order valence-electron chi connectivity index (χ0n) is 13.0. The van der Waals surface area contributed by atoms with E-state index in [4.69, 9.17) is 0 Å². The second-order valence-electron chi connectivity index (χ2n) is 5.73. The maximum Gasteiger partial charge on any atom is 0.123 e. The zero-order chi connectivity index (χ0) is 17.3. The van der Waals surface area contributed by atoms with Crippen LogP contribution in [0.2, 0.25) is 0 Å². The monoisotopic (exact) mass is 326 g/mol. The fourth-order valence-corrected chi connectivity index (χ4v) is 2.79. The van der Waals surface area contributed by atoms with Crippen molar-refractivity contribution in [3.63, 3.8) is 0 Å². The second-order valence-corrected chi connectivity index (χ2v) is 5.73. The minimum Gasteiger partial charge on any atom is -0.508 e. The summed E-state index contributed by atoms with van der Waals surface area (Å²) in [5, 5.41) is 20.4. The van der Waals surface area contributed by atoms with E-state index in [1.165, 1.54) is 36.4 Å². The molecule has 0 aliphatic rings. The topological polar surface area (TPSA) is 40.5 Å². The van der Waals surface area contributed by atoms with Gasteiger partial charge in [0.1, 0.15) is 23.1 Å². The third-order valence-corrected chi connectivity index (χ3v) is 4.06. The summed E-state index contributed by atoms with van der Waals surface area (Å²) >= 11 is 0. The number of hydrogen-bond acceptors (Lipinski definition) is 2. The Hall–Kier alpha value is -2.88. The highest BCUT2D eigenvalue weighted by Gasteiger charge is 2.21. The Morgan fingerprint density at radius 2 is 1.17 bits per heavy atom. The van der Waals surface area contributed by atoms with Crippen LogP contribution in [-0.2, 0) is 0 Å². The Balaban J connectivity index is 2.20. The highest BCUT2D eigenvalue weighted by Crippen LogP contribution is 2.39. The molecule has 0 spiro atoms. The Morgan fingerprint density at radius 3 is 1.62 bits per heavy atom. The summed E-state index contributed by atoms with van der Waals surface area (Å²) in [5.41, 5.74) is 2.47. The van der Waals surface area contributed by atoms with Crippen molar-refractivity contribution in [3.8, 4) is 11.5 Å². The predicted molar refractivity (Wildman–Crippen MR) is 88.3 cm³/mol. The molecule has 4 heteroatoms. The van der Waals surface area contributed by atoms with Gasteiger partial charge in [-0.05, 0) is 60.0 Å². The normalized spacial score (nSPS) is 11.0. The molecule has 0 aromatic heterocycles. The van der Waals surface area contributed by atoms with Crippen LogP contribution in [0.1, 0.15) is 28.2 Å². The molecule has 0 aliphatic heterocycles. The van der Waals surface area contributed by atoms with E-state index in [2.05, 4.69) is 0 Å². The van der Waals surface area contributed by atoms with Gasteiger partial charge in [0.25, 0.3) is 0 Å². The third kappa shape index (κ3) is 3.08. The number of benzene rings is 3. The molecule has 24 heavy (non-hydrogen) atoms. The van der Waals surface area contributed by atoms with Crippen LogP contribution in [0.5, 0.6) is 11.5 Å². The van der Waals surface area contributed by atoms with Crippen LogP contribution < -0.4 is 0 Å². The van der Waals surface area contributed by atoms with Crippen LogP contribution in [0.3, 0.4) is 0 Å². The smallest absolute Gasteiger partial charge is 0.123 e. The van der Waals surface area contributed by atoms with Crippen LogP contribution in [0.25, 0.3) is 0 Å². The first-order valence-electron chi connectivity index (χ1n) is 7.49. The molecule has 122 valence electrons. The lowest BCUT2D eigenvalue weighted by atomic mass is 9.84. The number of halogens is 2. The molecule has 2 nitrogen and oxygen atoms in total. The van der Waals surface area contributed by atoms with Gasteiger partial charge in [0.15, 0.2) is 0 Å². The van der Waals surface area contributed by atoms with E-state index in [0.29, 0.717) is 11.1 Å². The molecule has 2 N–H and O–H groups in total. The van der Waals surface area contributed by atoms with Gasteiger partial charge in [-0.25, -0.2) is 8.78 Å². The number of aryl methyl sites for hydroxylation is 1. The minimum atomic E-state index is -0.460. The summed E-state index contributed by atoms with van der Waals surface area (Å²) in [6.45, 7) is 1.68. The number of phenols is 2. The first-order valence-corrected chi connectivity index (χ1v) is 7.49. The van der Waals surface area contributed by atoms with Gasteiger partial charge in [0, 0.05) is 11.5 Å². The van der Waals surface area contributed by atoms with Crippen molar-refractivity contribution in [3.05, 3.63) is 94.6 Å². The average Bonchev–Trinajstić information content (AvgIpc) is 2.56. The molecule has 0 radical (unpaired) electrons. The lowest BCUT2D eigenvalue weighted by Gasteiger charge is -2.21. The first-order chi connectivity index (χ1) is 11.5. The van der Waals surface area contributed by atoms with Gasteiger partial charge < -0.3 is 10.2 Å². The summed E-state index contributed by atoms with van der Waals surface area (Å²) in [7, 11) is 0. The molecule has 0 amide bonds. The van der Waals surface area contributed by atoms with E-state index >= 15 is 0 Å². The molecule has 3 rings (SSSR count). The van der Waals surface area contributed by atoms with Crippen molar-refractivity contribution < 1.29 is 19.0 Å². The summed E-state index contributed by atoms with van der Waals surface area (Å²) in [6, 6.07) is 14.7. The Morgan fingerprint density at radius 1 is 0.708 bits per heavy atom. The van der Waals surface area contributed by atoms with E-state index in [1.54, 1.807) is 31.2 Å². The molecule has 0 aliphatic carbocycles. The number of phenolic OH excluding ortho intramolecular Hbond substituents is 2. The number of aromatic hydroxyl groups is 2. The highest BCUT2D eigenvalue weighted by molar-refractivity contribution is 5.53. The molecule has 0 saturated heterocycles. The first kappa shape index (κ1) is 16.0. The Kier molecular flexibility index (Phi) is 4.21. The summed E-state index contributed by atoms with van der Waals surface area (Å²) in [4.78, 5) is 0. The molecule has 0 unspecified atom stereocenters. The minimum absolute atomic E-state index is 0.0175. The maximum absolute atomic E-state index is 13.3. The van der Waals surface area contributed by atoms with Crippen LogP contribution in [0, 0.1) is 18.6 Å². The van der Waals surface area contributed by atoms with E-state index in [0.717, 1.165) is 11.1 Å². The van der Waals surface area contributed by atoms with Crippen molar-refractivity contribution in [1.82, 2.24) is 0 Å². The van der Waals surface area contributed by atoms with Crippen molar-refractivity contribution in [2.75, 3.05) is 0 Å². The van der Waals surface area contributed by atoms with Gasteiger partial charge in [0.2, 0.25) is 0 Å². The molecular weight excluding hydrogens is 310 g/mol. The standard InChI is InChI=1S/C20H16F2O2/c1-12-10-19(24)17(11-18(12)23)20(13-2-6-15(21)7-3-13)14-4-8-16(22)9-5-14/h2-11,20,23-24H,1H3. The van der Waals surface area contributed by atoms with E-state index < -0.39 is 5.92 Å². The van der Waals surface area contributed by atoms with Crippen LogP contribution >= 0.6 is 0 Å². The van der Waals surface area contributed by atoms with Crippen LogP contribution in [0.15, 0.2) is 60.7 Å². The fourth-order valence-electron chi connectivity index (χ4n) is 2.79. The van der Waals surface area contributed by atoms with Crippen molar-refractivity contribution in [2.24, 2.45) is 0 Å². The maximum atomic E-state index is 13.3. The fraction of sp³-hybridized carbons (Fsp3) is 0.100. The molecule has 0 saturated carbocycles. The molecule has 0 bridgehead atoms. The molecular formula is C20H16F2O2. The largest absolute Gasteiger partial charge is 0.508 e.